The normalized spacial score (nSPS) is 12.2. The van der Waals surface area contributed by atoms with E-state index in [2.05, 4.69) is 9.71 Å². The molecule has 7 nitrogen and oxygen atoms in total. The van der Waals surface area contributed by atoms with Crippen LogP contribution in [0.1, 0.15) is 0 Å². The van der Waals surface area contributed by atoms with E-state index >= 15 is 0 Å². The highest BCUT2D eigenvalue weighted by molar-refractivity contribution is 7.93. The van der Waals surface area contributed by atoms with Gasteiger partial charge in [0.05, 0.1) is 10.4 Å². The Bertz CT molecular complexity index is 1100. The quantitative estimate of drug-likeness (QED) is 0.708. The van der Waals surface area contributed by atoms with Crippen molar-refractivity contribution in [2.24, 2.45) is 0 Å². The third-order valence-electron chi connectivity index (χ3n) is 3.28. The molecule has 0 atom stereocenters. The highest BCUT2D eigenvalue weighted by Gasteiger charge is 2.18. The second kappa shape index (κ2) is 5.86. The predicted molar refractivity (Wildman–Crippen MR) is 87.0 cm³/mol. The molecule has 24 heavy (non-hydrogen) atoms. The van der Waals surface area contributed by atoms with E-state index in [0.29, 0.717) is 10.9 Å². The van der Waals surface area contributed by atoms with Crippen LogP contribution in [-0.4, -0.2) is 26.4 Å². The first kappa shape index (κ1) is 16.4. The van der Waals surface area contributed by atoms with Crippen molar-refractivity contribution in [2.45, 2.75) is 9.79 Å². The highest BCUT2D eigenvalue weighted by Crippen LogP contribution is 2.23. The van der Waals surface area contributed by atoms with Crippen LogP contribution in [-0.2, 0) is 20.1 Å². The summed E-state index contributed by atoms with van der Waals surface area (Å²) in [7, 11) is -8.51. The number of para-hydroxylation sites is 1. The third kappa shape index (κ3) is 3.23. The summed E-state index contributed by atoms with van der Waals surface area (Å²) in [5, 5.41) is 0.674. The van der Waals surface area contributed by atoms with Crippen molar-refractivity contribution in [3.63, 3.8) is 0 Å². The molecule has 1 heterocycles. The molecule has 0 spiro atoms. The minimum atomic E-state index is -4.58. The molecule has 0 fully saturated rings. The number of anilines is 1. The first-order chi connectivity index (χ1) is 11.3. The van der Waals surface area contributed by atoms with E-state index in [9.17, 15) is 21.4 Å². The summed E-state index contributed by atoms with van der Waals surface area (Å²) in [5.74, 6) is 0. The molecule has 1 N–H and O–H groups in total. The Kier molecular flexibility index (Phi) is 3.99. The molecule has 124 valence electrons. The van der Waals surface area contributed by atoms with E-state index in [0.717, 1.165) is 12.1 Å². The van der Waals surface area contributed by atoms with Gasteiger partial charge < -0.3 is 4.55 Å². The third-order valence-corrected chi connectivity index (χ3v) is 5.54. The Morgan fingerprint density at radius 2 is 1.54 bits per heavy atom. The van der Waals surface area contributed by atoms with Gasteiger partial charge in [-0.25, -0.2) is 16.8 Å². The van der Waals surface area contributed by atoms with E-state index < -0.39 is 25.0 Å². The molecule has 0 saturated heterocycles. The Labute approximate surface area is 138 Å². The van der Waals surface area contributed by atoms with E-state index in [-0.39, 0.29) is 10.6 Å². The van der Waals surface area contributed by atoms with Gasteiger partial charge >= 0.3 is 0 Å². The summed E-state index contributed by atoms with van der Waals surface area (Å²) in [4.78, 5) is 3.66. The first-order valence-electron chi connectivity index (χ1n) is 6.70. The van der Waals surface area contributed by atoms with Crippen LogP contribution in [0.25, 0.3) is 10.9 Å². The molecule has 3 aromatic rings. The zero-order valence-electron chi connectivity index (χ0n) is 12.1. The molecule has 0 bridgehead atoms. The lowest BCUT2D eigenvalue weighted by atomic mass is 10.2. The van der Waals surface area contributed by atoms with Crippen LogP contribution in [0.15, 0.2) is 70.6 Å². The van der Waals surface area contributed by atoms with Crippen molar-refractivity contribution in [2.75, 3.05) is 4.72 Å². The molecule has 0 unspecified atom stereocenters. The van der Waals surface area contributed by atoms with Gasteiger partial charge in [0.25, 0.3) is 10.0 Å². The predicted octanol–water partition coefficient (Wildman–Crippen LogP) is 1.94. The number of pyridine rings is 1. The van der Waals surface area contributed by atoms with Gasteiger partial charge in [0, 0.05) is 17.3 Å². The van der Waals surface area contributed by atoms with Crippen LogP contribution in [0.3, 0.4) is 0 Å². The van der Waals surface area contributed by atoms with Gasteiger partial charge in [0.15, 0.2) is 0 Å². The second-order valence-corrected chi connectivity index (χ2v) is 7.95. The maximum Gasteiger partial charge on any atom is 0.264 e. The summed E-state index contributed by atoms with van der Waals surface area (Å²) in [6.45, 7) is 0. The summed E-state index contributed by atoms with van der Waals surface area (Å²) in [6, 6.07) is 12.7. The number of nitrogens with one attached hydrogen (secondary N) is 1. The van der Waals surface area contributed by atoms with Gasteiger partial charge in [0.1, 0.15) is 15.0 Å². The van der Waals surface area contributed by atoms with Crippen LogP contribution in [0.2, 0.25) is 0 Å². The topological polar surface area (TPSA) is 116 Å². The summed E-state index contributed by atoms with van der Waals surface area (Å²) in [6.07, 6.45) is 1.50. The van der Waals surface area contributed by atoms with Gasteiger partial charge in [0.2, 0.25) is 0 Å². The van der Waals surface area contributed by atoms with Crippen molar-refractivity contribution in [3.05, 3.63) is 60.8 Å². The lowest BCUT2D eigenvalue weighted by molar-refractivity contribution is 0.463. The number of rotatable bonds is 4. The Balaban J connectivity index is 1.99. The minimum absolute atomic E-state index is 0.00104. The number of nitrogens with zero attached hydrogens (tertiary/aromatic N) is 1. The molecular weight excluding hydrogens is 352 g/mol. The Morgan fingerprint density at radius 1 is 0.875 bits per heavy atom. The fraction of sp³-hybridized carbons (Fsp3) is 0. The van der Waals surface area contributed by atoms with Gasteiger partial charge in [-0.2, -0.15) is 0 Å². The average Bonchev–Trinajstić information content (AvgIpc) is 2.53. The highest BCUT2D eigenvalue weighted by atomic mass is 32.2. The maximum atomic E-state index is 12.6. The van der Waals surface area contributed by atoms with E-state index in [1.54, 1.807) is 24.3 Å². The SMILES string of the molecule is O=S(=O)([O-])c1ccc(NS(=O)(=O)c2cccc3cccnc23)cc1. The number of benzene rings is 2. The second-order valence-electron chi connectivity index (χ2n) is 4.92. The maximum absolute atomic E-state index is 12.6. The first-order valence-corrected chi connectivity index (χ1v) is 9.59. The summed E-state index contributed by atoms with van der Waals surface area (Å²) in [5.41, 5.74) is 0.460. The number of fused-ring (bicyclic) bond motifs is 1. The van der Waals surface area contributed by atoms with Gasteiger partial charge in [-0.3, -0.25) is 9.71 Å². The Hall–Kier alpha value is -2.49. The monoisotopic (exact) mass is 363 g/mol. The van der Waals surface area contributed by atoms with Crippen LogP contribution < -0.4 is 4.72 Å². The molecule has 0 aliphatic rings. The molecule has 0 aliphatic carbocycles. The molecule has 0 saturated carbocycles. The van der Waals surface area contributed by atoms with Crippen LogP contribution >= 0.6 is 0 Å². The summed E-state index contributed by atoms with van der Waals surface area (Å²) >= 11 is 0. The molecule has 3 rings (SSSR count). The van der Waals surface area contributed by atoms with Crippen LogP contribution in [0, 0.1) is 0 Å². The average molecular weight is 363 g/mol. The van der Waals surface area contributed by atoms with Crippen molar-refractivity contribution in [1.29, 1.82) is 0 Å². The molecule has 0 radical (unpaired) electrons. The zero-order chi connectivity index (χ0) is 17.4. The fourth-order valence-electron chi connectivity index (χ4n) is 2.19. The summed E-state index contributed by atoms with van der Waals surface area (Å²) < 4.78 is 60.2. The molecule has 1 aromatic heterocycles. The lowest BCUT2D eigenvalue weighted by Gasteiger charge is -2.11. The number of sulfonamides is 1. The van der Waals surface area contributed by atoms with E-state index in [1.165, 1.54) is 24.4 Å². The van der Waals surface area contributed by atoms with Crippen LogP contribution in [0.5, 0.6) is 0 Å². The Morgan fingerprint density at radius 3 is 2.21 bits per heavy atom. The molecule has 0 aliphatic heterocycles. The molecule has 2 aromatic carbocycles. The number of hydrogen-bond acceptors (Lipinski definition) is 6. The zero-order valence-corrected chi connectivity index (χ0v) is 13.7. The largest absolute Gasteiger partial charge is 0.744 e. The molecule has 0 amide bonds. The van der Waals surface area contributed by atoms with Gasteiger partial charge in [-0.15, -0.1) is 0 Å². The van der Waals surface area contributed by atoms with Crippen molar-refractivity contribution in [3.8, 4) is 0 Å². The fourth-order valence-corrected chi connectivity index (χ4v) is 3.90. The van der Waals surface area contributed by atoms with Crippen molar-refractivity contribution < 1.29 is 21.4 Å². The van der Waals surface area contributed by atoms with E-state index in [1.807, 2.05) is 0 Å². The van der Waals surface area contributed by atoms with Gasteiger partial charge in [-0.1, -0.05) is 18.2 Å². The standard InChI is InChI=1S/C15H12N2O5S2/c18-23(19,14-5-1-3-11-4-2-10-16-15(11)14)17-12-6-8-13(9-7-12)24(20,21)22/h1-10,17H,(H,20,21,22)/p-1. The van der Waals surface area contributed by atoms with Crippen molar-refractivity contribution in [1.82, 2.24) is 4.98 Å². The van der Waals surface area contributed by atoms with Crippen molar-refractivity contribution >= 4 is 36.7 Å². The minimum Gasteiger partial charge on any atom is -0.744 e. The smallest absolute Gasteiger partial charge is 0.264 e. The molecular formula is C15H11N2O5S2-. The lowest BCUT2D eigenvalue weighted by Crippen LogP contribution is -2.13. The molecule has 9 heteroatoms. The van der Waals surface area contributed by atoms with Crippen LogP contribution in [0.4, 0.5) is 5.69 Å². The number of aromatic nitrogens is 1. The van der Waals surface area contributed by atoms with Gasteiger partial charge in [-0.05, 0) is 36.4 Å². The number of hydrogen-bond donors (Lipinski definition) is 1. The van der Waals surface area contributed by atoms with E-state index in [4.69, 9.17) is 0 Å².